The molecule has 0 saturated heterocycles. The highest BCUT2D eigenvalue weighted by molar-refractivity contribution is 7.20. The summed E-state index contributed by atoms with van der Waals surface area (Å²) in [6.45, 7) is 14.0. The van der Waals surface area contributed by atoms with Gasteiger partial charge < -0.3 is 0 Å². The Morgan fingerprint density at radius 3 is 1.02 bits per heavy atom. The van der Waals surface area contributed by atoms with Gasteiger partial charge in [0, 0.05) is 20.2 Å². The highest BCUT2D eigenvalue weighted by Gasteiger charge is 2.25. The smallest absolute Gasteiger partial charge is 0.127 e. The first-order chi connectivity index (χ1) is 20.4. The Morgan fingerprint density at radius 1 is 0.429 bits per heavy atom. The fraction of sp³-hybridized carbons (Fsp3) is 0.316. The second kappa shape index (κ2) is 11.7. The van der Waals surface area contributed by atoms with Crippen LogP contribution < -0.4 is 0 Å². The Balaban J connectivity index is 1.46. The molecule has 0 aliphatic heterocycles. The van der Waals surface area contributed by atoms with E-state index in [0.717, 1.165) is 0 Å². The van der Waals surface area contributed by atoms with Crippen LogP contribution in [0.15, 0.2) is 60.7 Å². The SMILES string of the molecule is CC[Si](C#Cc1cc2c(ccc3c2ccc2c4ccc5sc(C#C[Si](CC)(CC)CC)cc5c4ccc32)s1)(CC)CC. The monoisotopic (exact) mass is 616 g/mol. The summed E-state index contributed by atoms with van der Waals surface area (Å²) in [5, 5.41) is 10.7. The van der Waals surface area contributed by atoms with Gasteiger partial charge in [-0.15, -0.1) is 33.8 Å². The van der Waals surface area contributed by atoms with E-state index in [4.69, 9.17) is 0 Å². The summed E-state index contributed by atoms with van der Waals surface area (Å²) in [5.41, 5.74) is 7.58. The lowest BCUT2D eigenvalue weighted by Gasteiger charge is -2.19. The zero-order chi connectivity index (χ0) is 29.5. The van der Waals surface area contributed by atoms with Gasteiger partial charge in [-0.05, 0) is 92.8 Å². The summed E-state index contributed by atoms with van der Waals surface area (Å²) in [6, 6.07) is 30.8. The number of thiophene rings is 2. The van der Waals surface area contributed by atoms with E-state index in [1.54, 1.807) is 0 Å². The van der Waals surface area contributed by atoms with Gasteiger partial charge in [0.25, 0.3) is 0 Å². The van der Waals surface area contributed by atoms with Crippen molar-refractivity contribution in [1.29, 1.82) is 0 Å². The molecule has 0 N–H and O–H groups in total. The van der Waals surface area contributed by atoms with Crippen LogP contribution in [0.5, 0.6) is 0 Å². The summed E-state index contributed by atoms with van der Waals surface area (Å²) in [5.74, 6) is 7.25. The van der Waals surface area contributed by atoms with Crippen LogP contribution in [0, 0.1) is 22.9 Å². The van der Waals surface area contributed by atoms with Crippen molar-refractivity contribution in [1.82, 2.24) is 0 Å². The first-order valence-electron chi connectivity index (χ1n) is 15.7. The van der Waals surface area contributed by atoms with Crippen molar-refractivity contribution in [3.05, 3.63) is 70.4 Å². The Kier molecular flexibility index (Phi) is 8.12. The summed E-state index contributed by atoms with van der Waals surface area (Å²) >= 11 is 3.69. The first-order valence-corrected chi connectivity index (χ1v) is 22.6. The molecule has 0 spiro atoms. The standard InChI is InChI=1S/C38H40S2Si2/c1-7-41(8-2,9-3)23-21-27-25-35-33-15-13-30-29(31(33)17-19-37(35)39-27)14-16-34-32(30)18-20-38-36(34)26-28(40-38)22-24-42(10-4,11-5)12-6/h13-20,25-26H,7-12H2,1-6H3. The predicted molar refractivity (Wildman–Crippen MR) is 198 cm³/mol. The number of benzene rings is 4. The third-order valence-electron chi connectivity index (χ3n) is 10.2. The van der Waals surface area contributed by atoms with Gasteiger partial charge >= 0.3 is 0 Å². The highest BCUT2D eigenvalue weighted by Crippen LogP contribution is 2.40. The topological polar surface area (TPSA) is 0 Å². The number of hydrogen-bond donors (Lipinski definition) is 0. The highest BCUT2D eigenvalue weighted by atomic mass is 32.1. The number of rotatable bonds is 6. The van der Waals surface area contributed by atoms with Crippen LogP contribution in [0.4, 0.5) is 0 Å². The third-order valence-corrected chi connectivity index (χ3v) is 21.6. The van der Waals surface area contributed by atoms with Gasteiger partial charge in [0.05, 0.1) is 9.75 Å². The van der Waals surface area contributed by atoms with E-state index in [-0.39, 0.29) is 0 Å². The molecule has 0 saturated carbocycles. The van der Waals surface area contributed by atoms with Crippen molar-refractivity contribution >= 4 is 91.3 Å². The van der Waals surface area contributed by atoms with Crippen LogP contribution in [0.3, 0.4) is 0 Å². The molecule has 0 amide bonds. The maximum atomic E-state index is 3.79. The molecule has 0 unspecified atom stereocenters. The minimum absolute atomic E-state index is 1.21. The van der Waals surface area contributed by atoms with Gasteiger partial charge in [-0.2, -0.15) is 0 Å². The van der Waals surface area contributed by atoms with E-state index in [9.17, 15) is 0 Å². The van der Waals surface area contributed by atoms with Crippen LogP contribution in [0.2, 0.25) is 36.3 Å². The van der Waals surface area contributed by atoms with Crippen LogP contribution in [0.1, 0.15) is 51.3 Å². The second-order valence-corrected chi connectivity index (χ2v) is 23.8. The molecular formula is C38H40S2Si2. The fourth-order valence-corrected chi connectivity index (χ4v) is 13.5. The van der Waals surface area contributed by atoms with Gasteiger partial charge in [-0.1, -0.05) is 89.8 Å². The molecule has 0 bridgehead atoms. The number of fused-ring (bicyclic) bond motifs is 9. The molecule has 6 rings (SSSR count). The minimum atomic E-state index is -1.46. The molecule has 0 nitrogen and oxygen atoms in total. The maximum absolute atomic E-state index is 3.79. The van der Waals surface area contributed by atoms with Crippen LogP contribution in [-0.4, -0.2) is 16.1 Å². The van der Waals surface area contributed by atoms with E-state index >= 15 is 0 Å². The Bertz CT molecular complexity index is 1910. The van der Waals surface area contributed by atoms with Crippen molar-refractivity contribution in [3.8, 4) is 22.9 Å². The lowest BCUT2D eigenvalue weighted by molar-refractivity contribution is 1.20. The zero-order valence-electron chi connectivity index (χ0n) is 25.8. The van der Waals surface area contributed by atoms with E-state index in [0.29, 0.717) is 0 Å². The normalized spacial score (nSPS) is 12.2. The summed E-state index contributed by atoms with van der Waals surface area (Å²) in [7, 11) is -2.92. The van der Waals surface area contributed by atoms with E-state index in [1.165, 1.54) is 98.5 Å². The largest absolute Gasteiger partial charge is 0.138 e. The summed E-state index contributed by atoms with van der Waals surface area (Å²) in [4.78, 5) is 2.41. The molecule has 0 aliphatic carbocycles. The van der Waals surface area contributed by atoms with Gasteiger partial charge in [0.1, 0.15) is 16.1 Å². The first kappa shape index (κ1) is 29.2. The van der Waals surface area contributed by atoms with Crippen molar-refractivity contribution in [2.24, 2.45) is 0 Å². The van der Waals surface area contributed by atoms with Gasteiger partial charge in [0.15, 0.2) is 0 Å². The molecule has 0 fully saturated rings. The number of hydrogen-bond acceptors (Lipinski definition) is 2. The molecule has 0 radical (unpaired) electrons. The van der Waals surface area contributed by atoms with Crippen molar-refractivity contribution in [2.75, 3.05) is 0 Å². The van der Waals surface area contributed by atoms with Crippen molar-refractivity contribution < 1.29 is 0 Å². The molecule has 2 heterocycles. The van der Waals surface area contributed by atoms with Crippen LogP contribution in [0.25, 0.3) is 52.5 Å². The van der Waals surface area contributed by atoms with Gasteiger partial charge in [-0.3, -0.25) is 0 Å². The molecular weight excluding hydrogens is 577 g/mol. The Labute approximate surface area is 261 Å². The Hall–Kier alpha value is -2.87. The molecule has 212 valence electrons. The average Bonchev–Trinajstić information content (AvgIpc) is 3.66. The molecule has 2 aromatic heterocycles. The van der Waals surface area contributed by atoms with Crippen molar-refractivity contribution in [3.63, 3.8) is 0 Å². The van der Waals surface area contributed by atoms with Crippen molar-refractivity contribution in [2.45, 2.75) is 77.8 Å². The summed E-state index contributed by atoms with van der Waals surface area (Å²) < 4.78 is 2.66. The lowest BCUT2D eigenvalue weighted by Crippen LogP contribution is -2.29. The molecule has 0 aliphatic rings. The van der Waals surface area contributed by atoms with Gasteiger partial charge in [0.2, 0.25) is 0 Å². The minimum Gasteiger partial charge on any atom is -0.127 e. The van der Waals surface area contributed by atoms with Crippen LogP contribution >= 0.6 is 22.7 Å². The second-order valence-electron chi connectivity index (χ2n) is 11.8. The maximum Gasteiger partial charge on any atom is 0.138 e. The fourth-order valence-electron chi connectivity index (χ4n) is 6.62. The molecule has 4 aromatic carbocycles. The third kappa shape index (κ3) is 4.93. The van der Waals surface area contributed by atoms with E-state index in [1.807, 2.05) is 22.7 Å². The Morgan fingerprint density at radius 2 is 0.714 bits per heavy atom. The lowest BCUT2D eigenvalue weighted by atomic mass is 9.95. The van der Waals surface area contributed by atoms with Crippen LogP contribution in [-0.2, 0) is 0 Å². The molecule has 4 heteroatoms. The molecule has 0 atom stereocenters. The predicted octanol–water partition coefficient (Wildman–Crippen LogP) is 12.4. The zero-order valence-corrected chi connectivity index (χ0v) is 29.5. The van der Waals surface area contributed by atoms with E-state index in [2.05, 4.69) is 125 Å². The average molecular weight is 617 g/mol. The summed E-state index contributed by atoms with van der Waals surface area (Å²) in [6.07, 6.45) is 0. The molecule has 6 aromatic rings. The van der Waals surface area contributed by atoms with E-state index < -0.39 is 16.1 Å². The van der Waals surface area contributed by atoms with Gasteiger partial charge in [-0.25, -0.2) is 0 Å². The molecule has 42 heavy (non-hydrogen) atoms. The quantitative estimate of drug-likeness (QED) is 0.0992.